The van der Waals surface area contributed by atoms with Gasteiger partial charge in [0, 0.05) is 28.3 Å². The van der Waals surface area contributed by atoms with Crippen molar-refractivity contribution in [3.63, 3.8) is 0 Å². The van der Waals surface area contributed by atoms with E-state index in [9.17, 15) is 4.21 Å². The van der Waals surface area contributed by atoms with Crippen molar-refractivity contribution in [2.75, 3.05) is 18.1 Å². The molecule has 2 aliphatic rings. The van der Waals surface area contributed by atoms with Crippen molar-refractivity contribution >= 4 is 10.8 Å². The van der Waals surface area contributed by atoms with Gasteiger partial charge in [-0.05, 0) is 50.5 Å². The molecule has 3 unspecified atom stereocenters. The molecular formula is C15H29NOS. The molecule has 0 amide bonds. The highest BCUT2D eigenvalue weighted by atomic mass is 32.2. The van der Waals surface area contributed by atoms with Crippen molar-refractivity contribution in [3.05, 3.63) is 0 Å². The van der Waals surface area contributed by atoms with E-state index in [1.54, 1.807) is 0 Å². The lowest BCUT2D eigenvalue weighted by Crippen LogP contribution is -2.32. The number of hydrogen-bond acceptors (Lipinski definition) is 2. The lowest BCUT2D eigenvalue weighted by molar-refractivity contribution is 0.399. The van der Waals surface area contributed by atoms with E-state index in [1.165, 1.54) is 51.4 Å². The van der Waals surface area contributed by atoms with E-state index in [0.29, 0.717) is 6.04 Å². The molecule has 0 aromatic rings. The molecule has 2 fully saturated rings. The Bertz CT molecular complexity index is 263. The first-order chi connectivity index (χ1) is 8.79. The van der Waals surface area contributed by atoms with Gasteiger partial charge in [-0.25, -0.2) is 0 Å². The minimum absolute atomic E-state index is 0.553. The Balaban J connectivity index is 1.65. The highest BCUT2D eigenvalue weighted by Gasteiger charge is 2.27. The molecule has 0 aliphatic heterocycles. The molecule has 3 atom stereocenters. The summed E-state index contributed by atoms with van der Waals surface area (Å²) in [5.41, 5.74) is 0. The summed E-state index contributed by atoms with van der Waals surface area (Å²) in [5, 5.41) is 3.59. The molecule has 0 spiro atoms. The van der Waals surface area contributed by atoms with E-state index >= 15 is 0 Å². The molecule has 1 N–H and O–H groups in total. The van der Waals surface area contributed by atoms with Crippen LogP contribution in [0.3, 0.4) is 0 Å². The van der Waals surface area contributed by atoms with Gasteiger partial charge in [-0.3, -0.25) is 4.21 Å². The number of hydrogen-bond donors (Lipinski definition) is 1. The molecule has 2 aliphatic carbocycles. The predicted molar refractivity (Wildman–Crippen MR) is 79.3 cm³/mol. The molecule has 18 heavy (non-hydrogen) atoms. The number of rotatable bonds is 7. The van der Waals surface area contributed by atoms with Gasteiger partial charge < -0.3 is 5.32 Å². The first-order valence-electron chi connectivity index (χ1n) is 7.88. The average Bonchev–Trinajstić information content (AvgIpc) is 2.99. The summed E-state index contributed by atoms with van der Waals surface area (Å²) >= 11 is 0. The van der Waals surface area contributed by atoms with Gasteiger partial charge in [0.15, 0.2) is 0 Å². The zero-order valence-corrected chi connectivity index (χ0v) is 12.6. The fraction of sp³-hybridized carbons (Fsp3) is 1.00. The van der Waals surface area contributed by atoms with Gasteiger partial charge in [0.25, 0.3) is 0 Å². The lowest BCUT2D eigenvalue weighted by Gasteiger charge is -2.20. The molecular weight excluding hydrogens is 242 g/mol. The minimum Gasteiger partial charge on any atom is -0.314 e. The van der Waals surface area contributed by atoms with E-state index in [2.05, 4.69) is 12.2 Å². The van der Waals surface area contributed by atoms with Crippen LogP contribution in [0.4, 0.5) is 0 Å². The normalized spacial score (nSPS) is 30.9. The highest BCUT2D eigenvalue weighted by Crippen LogP contribution is 2.29. The summed E-state index contributed by atoms with van der Waals surface area (Å²) in [6.07, 6.45) is 10.6. The molecule has 2 rings (SSSR count). The number of nitrogens with one attached hydrogen (secondary N) is 1. The minimum atomic E-state index is -0.553. The SMILES string of the molecule is CCNC1CCCC1CCS(=O)CC1CCCC1. The van der Waals surface area contributed by atoms with Gasteiger partial charge in [-0.15, -0.1) is 0 Å². The second kappa shape index (κ2) is 7.64. The van der Waals surface area contributed by atoms with Crippen LogP contribution >= 0.6 is 0 Å². The first kappa shape index (κ1) is 14.5. The third-order valence-corrected chi connectivity index (χ3v) is 6.27. The molecule has 0 aromatic heterocycles. The van der Waals surface area contributed by atoms with Crippen LogP contribution in [0.1, 0.15) is 58.3 Å². The summed E-state index contributed by atoms with van der Waals surface area (Å²) in [4.78, 5) is 0. The molecule has 0 bridgehead atoms. The predicted octanol–water partition coefficient (Wildman–Crippen LogP) is 3.09. The van der Waals surface area contributed by atoms with Crippen LogP contribution in [-0.2, 0) is 10.8 Å². The Hall–Kier alpha value is 0.110. The molecule has 0 saturated heterocycles. The van der Waals surface area contributed by atoms with Crippen molar-refractivity contribution in [3.8, 4) is 0 Å². The summed E-state index contributed by atoms with van der Waals surface area (Å²) in [6, 6.07) is 0.707. The Morgan fingerprint density at radius 3 is 2.61 bits per heavy atom. The molecule has 2 saturated carbocycles. The monoisotopic (exact) mass is 271 g/mol. The van der Waals surface area contributed by atoms with Crippen LogP contribution in [0.25, 0.3) is 0 Å². The molecule has 2 nitrogen and oxygen atoms in total. The van der Waals surface area contributed by atoms with Gasteiger partial charge in [0.05, 0.1) is 0 Å². The topological polar surface area (TPSA) is 29.1 Å². The van der Waals surface area contributed by atoms with E-state index in [-0.39, 0.29) is 0 Å². The Morgan fingerprint density at radius 2 is 1.89 bits per heavy atom. The fourth-order valence-electron chi connectivity index (χ4n) is 3.72. The molecule has 0 heterocycles. The van der Waals surface area contributed by atoms with Gasteiger partial charge in [-0.2, -0.15) is 0 Å². The fourth-order valence-corrected chi connectivity index (χ4v) is 5.31. The van der Waals surface area contributed by atoms with Gasteiger partial charge in [-0.1, -0.05) is 26.2 Å². The maximum atomic E-state index is 12.1. The quantitative estimate of drug-likeness (QED) is 0.771. The highest BCUT2D eigenvalue weighted by molar-refractivity contribution is 7.84. The Labute approximate surface area is 115 Å². The zero-order valence-electron chi connectivity index (χ0n) is 11.8. The van der Waals surface area contributed by atoms with Gasteiger partial charge in [0.1, 0.15) is 0 Å². The van der Waals surface area contributed by atoms with E-state index in [1.807, 2.05) is 0 Å². The van der Waals surface area contributed by atoms with Crippen molar-refractivity contribution in [2.24, 2.45) is 11.8 Å². The Morgan fingerprint density at radius 1 is 1.11 bits per heavy atom. The van der Waals surface area contributed by atoms with Gasteiger partial charge >= 0.3 is 0 Å². The van der Waals surface area contributed by atoms with Crippen LogP contribution in [0, 0.1) is 11.8 Å². The van der Waals surface area contributed by atoms with Crippen molar-refractivity contribution in [1.82, 2.24) is 5.32 Å². The lowest BCUT2D eigenvalue weighted by atomic mass is 10.0. The summed E-state index contributed by atoms with van der Waals surface area (Å²) in [7, 11) is -0.553. The molecule has 0 radical (unpaired) electrons. The average molecular weight is 271 g/mol. The van der Waals surface area contributed by atoms with Crippen molar-refractivity contribution in [2.45, 2.75) is 64.3 Å². The third-order valence-electron chi connectivity index (χ3n) is 4.74. The van der Waals surface area contributed by atoms with Crippen molar-refractivity contribution < 1.29 is 4.21 Å². The second-order valence-corrected chi connectivity index (χ2v) is 7.73. The van der Waals surface area contributed by atoms with E-state index < -0.39 is 10.8 Å². The Kier molecular flexibility index (Phi) is 6.16. The molecule has 0 aromatic carbocycles. The third kappa shape index (κ3) is 4.34. The first-order valence-corrected chi connectivity index (χ1v) is 9.36. The zero-order chi connectivity index (χ0) is 12.8. The molecule has 106 valence electrons. The van der Waals surface area contributed by atoms with Crippen LogP contribution in [0.15, 0.2) is 0 Å². The summed E-state index contributed by atoms with van der Waals surface area (Å²) in [6.45, 7) is 3.26. The summed E-state index contributed by atoms with van der Waals surface area (Å²) in [5.74, 6) is 3.50. The maximum absolute atomic E-state index is 12.1. The van der Waals surface area contributed by atoms with Crippen LogP contribution < -0.4 is 5.32 Å². The standard InChI is InChI=1S/C15H29NOS/c1-2-16-15-9-5-8-14(15)10-11-18(17)12-13-6-3-4-7-13/h13-16H,2-12H2,1H3. The van der Waals surface area contributed by atoms with Crippen LogP contribution in [0.2, 0.25) is 0 Å². The van der Waals surface area contributed by atoms with Gasteiger partial charge in [0.2, 0.25) is 0 Å². The largest absolute Gasteiger partial charge is 0.314 e. The summed E-state index contributed by atoms with van der Waals surface area (Å²) < 4.78 is 12.1. The van der Waals surface area contributed by atoms with Crippen molar-refractivity contribution in [1.29, 1.82) is 0 Å². The van der Waals surface area contributed by atoms with E-state index in [4.69, 9.17) is 0 Å². The maximum Gasteiger partial charge on any atom is 0.0263 e. The van der Waals surface area contributed by atoms with Crippen LogP contribution in [0.5, 0.6) is 0 Å². The van der Waals surface area contributed by atoms with E-state index in [0.717, 1.165) is 29.9 Å². The van der Waals surface area contributed by atoms with Crippen LogP contribution in [-0.4, -0.2) is 28.3 Å². The smallest absolute Gasteiger partial charge is 0.0263 e. The molecule has 3 heteroatoms. The second-order valence-electron chi connectivity index (χ2n) is 6.10.